The zero-order valence-electron chi connectivity index (χ0n) is 21.3. The summed E-state index contributed by atoms with van der Waals surface area (Å²) in [4.78, 5) is 17.1. The first-order chi connectivity index (χ1) is 17.1. The van der Waals surface area contributed by atoms with Crippen molar-refractivity contribution in [3.05, 3.63) is 69.7 Å². The first kappa shape index (κ1) is 25.8. The third kappa shape index (κ3) is 5.42. The summed E-state index contributed by atoms with van der Waals surface area (Å²) >= 11 is 0. The van der Waals surface area contributed by atoms with Gasteiger partial charge in [0.15, 0.2) is 10.7 Å². The second kappa shape index (κ2) is 10.4. The number of rotatable bonds is 6. The molecule has 3 heterocycles. The predicted octanol–water partition coefficient (Wildman–Crippen LogP) is 4.82. The van der Waals surface area contributed by atoms with Crippen LogP contribution in [0.3, 0.4) is 0 Å². The molecule has 4 rings (SSSR count). The van der Waals surface area contributed by atoms with Crippen LogP contribution in [0, 0.1) is 40.5 Å². The Morgan fingerprint density at radius 3 is 2.36 bits per heavy atom. The molecule has 1 aliphatic heterocycles. The molecular weight excluding hydrogens is 476 g/mol. The summed E-state index contributed by atoms with van der Waals surface area (Å²) in [5, 5.41) is 6.79. The molecule has 9 heteroatoms. The maximum absolute atomic E-state index is 13.6. The highest BCUT2D eigenvalue weighted by atomic mass is 32.2. The van der Waals surface area contributed by atoms with Gasteiger partial charge in [0.2, 0.25) is 15.9 Å². The van der Waals surface area contributed by atoms with Gasteiger partial charge in [0.25, 0.3) is 0 Å². The summed E-state index contributed by atoms with van der Waals surface area (Å²) < 4.78 is 34.0. The Morgan fingerprint density at radius 1 is 1.06 bits per heavy atom. The molecular formula is C27H32N4O4S. The minimum absolute atomic E-state index is 0.0769. The average Bonchev–Trinajstić information content (AvgIpc) is 3.19. The van der Waals surface area contributed by atoms with Gasteiger partial charge in [-0.25, -0.2) is 13.4 Å². The number of aromatic nitrogens is 2. The molecule has 1 amide bonds. The van der Waals surface area contributed by atoms with Crippen molar-refractivity contribution in [1.29, 1.82) is 0 Å². The van der Waals surface area contributed by atoms with Gasteiger partial charge >= 0.3 is 0 Å². The Hall–Kier alpha value is -3.30. The molecule has 1 saturated heterocycles. The lowest BCUT2D eigenvalue weighted by Gasteiger charge is -2.30. The van der Waals surface area contributed by atoms with E-state index in [0.717, 1.165) is 22.4 Å². The highest BCUT2D eigenvalue weighted by Crippen LogP contribution is 2.30. The number of benzene rings is 1. The number of anilines is 1. The maximum Gasteiger partial charge on any atom is 0.248 e. The summed E-state index contributed by atoms with van der Waals surface area (Å²) in [6.45, 7) is 10.1. The number of nitrogens with one attached hydrogen (secondary N) is 1. The normalized spacial score (nSPS) is 15.5. The van der Waals surface area contributed by atoms with Crippen LogP contribution < -0.4 is 5.32 Å². The average molecular weight is 509 g/mol. The quantitative estimate of drug-likeness (QED) is 0.512. The molecule has 0 radical (unpaired) electrons. The number of amides is 1. The lowest BCUT2D eigenvalue weighted by atomic mass is 9.97. The van der Waals surface area contributed by atoms with Gasteiger partial charge in [-0.05, 0) is 82.4 Å². The van der Waals surface area contributed by atoms with E-state index in [-0.39, 0.29) is 35.6 Å². The monoisotopic (exact) mass is 508 g/mol. The molecule has 1 fully saturated rings. The smallest absolute Gasteiger partial charge is 0.248 e. The third-order valence-electron chi connectivity index (χ3n) is 6.53. The van der Waals surface area contributed by atoms with Gasteiger partial charge in [-0.3, -0.25) is 4.79 Å². The Labute approximate surface area is 212 Å². The molecule has 0 unspecified atom stereocenters. The Kier molecular flexibility index (Phi) is 7.42. The summed E-state index contributed by atoms with van der Waals surface area (Å²) in [5.74, 6) is 0.288. The minimum Gasteiger partial charge on any atom is -0.355 e. The fourth-order valence-corrected chi connectivity index (χ4v) is 6.46. The molecule has 190 valence electrons. The minimum atomic E-state index is -3.84. The second-order valence-corrected chi connectivity index (χ2v) is 11.3. The van der Waals surface area contributed by atoms with Crippen LogP contribution in [0.25, 0.3) is 12.2 Å². The molecule has 0 saturated carbocycles. The van der Waals surface area contributed by atoms with Crippen molar-refractivity contribution in [3.63, 3.8) is 0 Å². The highest BCUT2D eigenvalue weighted by molar-refractivity contribution is 7.89. The fraction of sp³-hybridized carbons (Fsp3) is 0.370. The molecule has 0 aliphatic carbocycles. The van der Waals surface area contributed by atoms with E-state index in [2.05, 4.69) is 27.6 Å². The molecule has 0 spiro atoms. The van der Waals surface area contributed by atoms with Gasteiger partial charge in [0.1, 0.15) is 11.5 Å². The topological polar surface area (TPSA) is 105 Å². The number of hydrogen-bond donors (Lipinski definition) is 1. The van der Waals surface area contributed by atoms with E-state index in [1.54, 1.807) is 19.1 Å². The number of pyridine rings is 1. The van der Waals surface area contributed by atoms with Crippen molar-refractivity contribution < 1.29 is 17.7 Å². The highest BCUT2D eigenvalue weighted by Gasteiger charge is 2.36. The van der Waals surface area contributed by atoms with E-state index in [1.807, 2.05) is 45.9 Å². The first-order valence-corrected chi connectivity index (χ1v) is 13.5. The van der Waals surface area contributed by atoms with Crippen LogP contribution in [-0.4, -0.2) is 41.9 Å². The van der Waals surface area contributed by atoms with Crippen LogP contribution in [0.1, 0.15) is 52.2 Å². The van der Waals surface area contributed by atoms with E-state index < -0.39 is 10.0 Å². The second-order valence-electron chi connectivity index (χ2n) is 9.44. The van der Waals surface area contributed by atoms with Gasteiger partial charge in [-0.15, -0.1) is 0 Å². The van der Waals surface area contributed by atoms with Crippen molar-refractivity contribution in [1.82, 2.24) is 14.4 Å². The Bertz CT molecular complexity index is 1390. The number of aryl methyl sites for hydroxylation is 5. The third-order valence-corrected chi connectivity index (χ3v) is 8.59. The SMILES string of the molecule is Cc1cc(C)c(C=Cc2onc(C)c2S(=O)(=O)N2CCC(C(=O)Nc3cccc(C)n3)CC2)c(C)c1. The molecule has 1 N–H and O–H groups in total. The molecule has 0 atom stereocenters. The number of nitrogens with zero attached hydrogens (tertiary/aromatic N) is 3. The van der Waals surface area contributed by atoms with Crippen LogP contribution in [0.2, 0.25) is 0 Å². The number of sulfonamides is 1. The summed E-state index contributed by atoms with van der Waals surface area (Å²) in [5.41, 5.74) is 5.53. The molecule has 36 heavy (non-hydrogen) atoms. The van der Waals surface area contributed by atoms with Gasteiger partial charge in [0, 0.05) is 24.7 Å². The summed E-state index contributed by atoms with van der Waals surface area (Å²) in [6.07, 6.45) is 4.40. The van der Waals surface area contributed by atoms with Crippen LogP contribution in [0.4, 0.5) is 5.82 Å². The van der Waals surface area contributed by atoms with Crippen molar-refractivity contribution in [2.75, 3.05) is 18.4 Å². The van der Waals surface area contributed by atoms with Crippen LogP contribution in [-0.2, 0) is 14.8 Å². The van der Waals surface area contributed by atoms with Crippen molar-refractivity contribution in [2.45, 2.75) is 52.4 Å². The van der Waals surface area contributed by atoms with Crippen LogP contribution >= 0.6 is 0 Å². The Balaban J connectivity index is 1.48. The lowest BCUT2D eigenvalue weighted by Crippen LogP contribution is -2.41. The summed E-state index contributed by atoms with van der Waals surface area (Å²) in [6, 6.07) is 9.62. The van der Waals surface area contributed by atoms with E-state index in [4.69, 9.17) is 4.52 Å². The van der Waals surface area contributed by atoms with E-state index in [0.29, 0.717) is 24.4 Å². The predicted molar refractivity (Wildman–Crippen MR) is 140 cm³/mol. The first-order valence-electron chi connectivity index (χ1n) is 12.0. The molecule has 8 nitrogen and oxygen atoms in total. The maximum atomic E-state index is 13.6. The largest absolute Gasteiger partial charge is 0.355 e. The van der Waals surface area contributed by atoms with E-state index in [9.17, 15) is 13.2 Å². The molecule has 3 aromatic rings. The number of carbonyl (C=O) groups excluding carboxylic acids is 1. The number of hydrogen-bond acceptors (Lipinski definition) is 6. The fourth-order valence-electron chi connectivity index (χ4n) is 4.74. The standard InChI is InChI=1S/C27H32N4O4S/c1-17-15-18(2)23(19(3)16-17)9-10-24-26(21(5)30-35-24)36(33,34)31-13-11-22(12-14-31)27(32)29-25-8-6-7-20(4)28-25/h6-10,15-16,22H,11-14H2,1-5H3,(H,28,29,32). The van der Waals surface area contributed by atoms with Gasteiger partial charge in [0.05, 0.1) is 0 Å². The molecule has 1 aliphatic rings. The van der Waals surface area contributed by atoms with E-state index >= 15 is 0 Å². The number of piperidine rings is 1. The summed E-state index contributed by atoms with van der Waals surface area (Å²) in [7, 11) is -3.84. The van der Waals surface area contributed by atoms with Crippen LogP contribution in [0.15, 0.2) is 39.8 Å². The van der Waals surface area contributed by atoms with Gasteiger partial charge < -0.3 is 9.84 Å². The molecule has 1 aromatic carbocycles. The van der Waals surface area contributed by atoms with Crippen LogP contribution in [0.5, 0.6) is 0 Å². The Morgan fingerprint density at radius 2 is 1.72 bits per heavy atom. The molecule has 2 aromatic heterocycles. The lowest BCUT2D eigenvalue weighted by molar-refractivity contribution is -0.120. The zero-order valence-corrected chi connectivity index (χ0v) is 22.1. The van der Waals surface area contributed by atoms with Gasteiger partial charge in [-0.2, -0.15) is 4.31 Å². The van der Waals surface area contributed by atoms with Gasteiger partial charge in [-0.1, -0.05) is 35.0 Å². The zero-order chi connectivity index (χ0) is 26.0. The molecule has 0 bridgehead atoms. The van der Waals surface area contributed by atoms with Crippen molar-refractivity contribution in [2.24, 2.45) is 5.92 Å². The van der Waals surface area contributed by atoms with E-state index in [1.165, 1.54) is 9.87 Å². The number of carbonyl (C=O) groups is 1. The van der Waals surface area contributed by atoms with Crippen molar-refractivity contribution >= 4 is 33.9 Å². The van der Waals surface area contributed by atoms with Crippen molar-refractivity contribution in [3.8, 4) is 0 Å².